The summed E-state index contributed by atoms with van der Waals surface area (Å²) in [7, 11) is 0. The third-order valence-corrected chi connectivity index (χ3v) is 4.94. The van der Waals surface area contributed by atoms with Crippen LogP contribution in [0.1, 0.15) is 41.2 Å². The molecular weight excluding hydrogens is 396 g/mol. The van der Waals surface area contributed by atoms with Gasteiger partial charge in [-0.15, -0.1) is 6.58 Å². The van der Waals surface area contributed by atoms with Crippen LogP contribution in [0.4, 0.5) is 4.79 Å². The molecule has 7 nitrogen and oxygen atoms in total. The molecule has 0 saturated heterocycles. The highest BCUT2D eigenvalue weighted by Crippen LogP contribution is 2.16. The maximum Gasteiger partial charge on any atom is 0.408 e. The van der Waals surface area contributed by atoms with Crippen LogP contribution in [0, 0.1) is 19.8 Å². The fraction of sp³-hybridized carbons (Fsp3) is 0.375. The number of nitrogens with one attached hydrogen (secondary N) is 1. The first-order chi connectivity index (χ1) is 14.7. The number of amides is 1. The van der Waals surface area contributed by atoms with Crippen LogP contribution in [0.3, 0.4) is 0 Å². The lowest BCUT2D eigenvalue weighted by atomic mass is 10.1. The van der Waals surface area contributed by atoms with Gasteiger partial charge in [0.05, 0.1) is 0 Å². The minimum Gasteiger partial charge on any atom is -0.456 e. The number of carbonyl (C=O) groups excluding carboxylic acids is 3. The third kappa shape index (κ3) is 6.57. The molecule has 1 amide bonds. The second-order valence-corrected chi connectivity index (χ2v) is 7.64. The Kier molecular flexibility index (Phi) is 8.61. The number of hydrogen-bond donors (Lipinski definition) is 1. The summed E-state index contributed by atoms with van der Waals surface area (Å²) in [6, 6.07) is 10.1. The summed E-state index contributed by atoms with van der Waals surface area (Å²) < 4.78 is 12.4. The molecule has 0 aliphatic rings. The topological polar surface area (TPSA) is 86.6 Å². The van der Waals surface area contributed by atoms with Crippen LogP contribution in [0.15, 0.2) is 49.1 Å². The van der Waals surface area contributed by atoms with E-state index in [4.69, 9.17) is 9.47 Å². The predicted octanol–water partition coefficient (Wildman–Crippen LogP) is 3.97. The predicted molar refractivity (Wildman–Crippen MR) is 118 cm³/mol. The van der Waals surface area contributed by atoms with E-state index < -0.39 is 24.7 Å². The Balaban J connectivity index is 1.93. The first-order valence-corrected chi connectivity index (χ1v) is 10.2. The quantitative estimate of drug-likeness (QED) is 0.353. The zero-order valence-corrected chi connectivity index (χ0v) is 18.5. The van der Waals surface area contributed by atoms with Gasteiger partial charge in [0.1, 0.15) is 12.6 Å². The monoisotopic (exact) mass is 426 g/mol. The van der Waals surface area contributed by atoms with Gasteiger partial charge in [0.25, 0.3) is 0 Å². The molecule has 1 atom stereocenters. The van der Waals surface area contributed by atoms with E-state index in [1.165, 1.54) is 0 Å². The fourth-order valence-corrected chi connectivity index (χ4v) is 3.19. The molecule has 7 heteroatoms. The average Bonchev–Trinajstić information content (AvgIpc) is 3.03. The number of aromatic nitrogens is 1. The van der Waals surface area contributed by atoms with E-state index in [0.717, 1.165) is 17.0 Å². The van der Waals surface area contributed by atoms with E-state index in [9.17, 15) is 14.4 Å². The highest BCUT2D eigenvalue weighted by Gasteiger charge is 2.27. The third-order valence-electron chi connectivity index (χ3n) is 4.94. The maximum absolute atomic E-state index is 12.6. The number of rotatable bonds is 10. The van der Waals surface area contributed by atoms with Gasteiger partial charge in [0.15, 0.2) is 6.61 Å². The van der Waals surface area contributed by atoms with Gasteiger partial charge in [-0.3, -0.25) is 4.79 Å². The van der Waals surface area contributed by atoms with Crippen LogP contribution in [0.2, 0.25) is 0 Å². The Labute approximate surface area is 183 Å². The molecule has 1 N–H and O–H groups in total. The number of allylic oxidation sites excluding steroid dienone is 1. The van der Waals surface area contributed by atoms with E-state index in [-0.39, 0.29) is 18.3 Å². The number of benzene rings is 1. The first-order valence-electron chi connectivity index (χ1n) is 10.2. The van der Waals surface area contributed by atoms with E-state index in [1.54, 1.807) is 26.0 Å². The molecule has 0 unspecified atom stereocenters. The van der Waals surface area contributed by atoms with Gasteiger partial charge < -0.3 is 19.4 Å². The molecule has 166 valence electrons. The van der Waals surface area contributed by atoms with Crippen LogP contribution in [-0.4, -0.2) is 35.1 Å². The van der Waals surface area contributed by atoms with E-state index >= 15 is 0 Å². The van der Waals surface area contributed by atoms with Crippen molar-refractivity contribution in [1.29, 1.82) is 0 Å². The summed E-state index contributed by atoms with van der Waals surface area (Å²) in [6.45, 7) is 11.3. The molecule has 2 aromatic rings. The Bertz CT molecular complexity index is 931. The number of ketones is 1. The first kappa shape index (κ1) is 23.9. The van der Waals surface area contributed by atoms with Gasteiger partial charge in [-0.1, -0.05) is 50.3 Å². The zero-order chi connectivity index (χ0) is 23.0. The van der Waals surface area contributed by atoms with Crippen molar-refractivity contribution in [3.8, 4) is 0 Å². The van der Waals surface area contributed by atoms with Crippen molar-refractivity contribution in [1.82, 2.24) is 9.88 Å². The van der Waals surface area contributed by atoms with Crippen LogP contribution < -0.4 is 5.32 Å². The highest BCUT2D eigenvalue weighted by atomic mass is 16.6. The smallest absolute Gasteiger partial charge is 0.408 e. The number of alkyl carbamates (subject to hydrolysis) is 1. The molecular formula is C24H30N2O5. The van der Waals surface area contributed by atoms with Gasteiger partial charge in [0, 0.05) is 23.5 Å². The summed E-state index contributed by atoms with van der Waals surface area (Å²) in [5, 5.41) is 2.53. The lowest BCUT2D eigenvalue weighted by molar-refractivity contribution is -0.146. The van der Waals surface area contributed by atoms with Crippen LogP contribution in [-0.2, 0) is 27.4 Å². The Morgan fingerprint density at radius 1 is 1.13 bits per heavy atom. The van der Waals surface area contributed by atoms with Gasteiger partial charge in [0.2, 0.25) is 5.78 Å². The van der Waals surface area contributed by atoms with Crippen LogP contribution >= 0.6 is 0 Å². The molecule has 1 aromatic heterocycles. The van der Waals surface area contributed by atoms with Crippen molar-refractivity contribution in [2.24, 2.45) is 5.92 Å². The number of nitrogens with zero attached hydrogens (tertiary/aromatic N) is 1. The molecule has 2 rings (SSSR count). The summed E-state index contributed by atoms with van der Waals surface area (Å²) >= 11 is 0. The zero-order valence-electron chi connectivity index (χ0n) is 18.5. The van der Waals surface area contributed by atoms with Gasteiger partial charge in [-0.2, -0.15) is 0 Å². The summed E-state index contributed by atoms with van der Waals surface area (Å²) in [5.41, 5.74) is 3.06. The molecule has 1 aromatic carbocycles. The SMILES string of the molecule is C=CCn1c(C)cc(C(=O)COC(=O)[C@@H](NC(=O)OCc2ccccc2)C(C)C)c1C. The summed E-state index contributed by atoms with van der Waals surface area (Å²) in [5.74, 6) is -1.23. The maximum atomic E-state index is 12.6. The Morgan fingerprint density at radius 3 is 2.42 bits per heavy atom. The largest absolute Gasteiger partial charge is 0.456 e. The number of Topliss-reactive ketones (excluding diaryl/α,β-unsaturated/α-hetero) is 1. The number of esters is 1. The highest BCUT2D eigenvalue weighted by molar-refractivity contribution is 5.99. The van der Waals surface area contributed by atoms with Crippen molar-refractivity contribution in [3.05, 3.63) is 71.6 Å². The lowest BCUT2D eigenvalue weighted by Crippen LogP contribution is -2.45. The van der Waals surface area contributed by atoms with E-state index in [2.05, 4.69) is 11.9 Å². The molecule has 31 heavy (non-hydrogen) atoms. The molecule has 1 heterocycles. The van der Waals surface area contributed by atoms with Gasteiger partial charge in [-0.05, 0) is 31.4 Å². The van der Waals surface area contributed by atoms with Gasteiger partial charge >= 0.3 is 12.1 Å². The summed E-state index contributed by atoms with van der Waals surface area (Å²) in [4.78, 5) is 37.2. The minimum absolute atomic E-state index is 0.0886. The van der Waals surface area contributed by atoms with Crippen molar-refractivity contribution >= 4 is 17.8 Å². The average molecular weight is 427 g/mol. The number of ether oxygens (including phenoxy) is 2. The van der Waals surface area contributed by atoms with Crippen molar-refractivity contribution in [3.63, 3.8) is 0 Å². The molecule has 0 saturated carbocycles. The van der Waals surface area contributed by atoms with Gasteiger partial charge in [-0.25, -0.2) is 9.59 Å². The fourth-order valence-electron chi connectivity index (χ4n) is 3.19. The Morgan fingerprint density at radius 2 is 1.81 bits per heavy atom. The van der Waals surface area contributed by atoms with Crippen LogP contribution in [0.25, 0.3) is 0 Å². The van der Waals surface area contributed by atoms with E-state index in [0.29, 0.717) is 12.1 Å². The number of hydrogen-bond acceptors (Lipinski definition) is 5. The van der Waals surface area contributed by atoms with E-state index in [1.807, 2.05) is 48.7 Å². The molecule has 0 aliphatic carbocycles. The number of carbonyl (C=O) groups is 3. The molecule has 0 bridgehead atoms. The molecule has 0 spiro atoms. The molecule has 0 aliphatic heterocycles. The second kappa shape index (κ2) is 11.2. The van der Waals surface area contributed by atoms with Crippen molar-refractivity contribution < 1.29 is 23.9 Å². The number of aryl methyl sites for hydroxylation is 1. The van der Waals surface area contributed by atoms with Crippen molar-refractivity contribution in [2.45, 2.75) is 46.9 Å². The Hall–Kier alpha value is -3.35. The molecule has 0 radical (unpaired) electrons. The minimum atomic E-state index is -0.927. The standard InChI is InChI=1S/C24H30N2O5/c1-6-12-26-17(4)13-20(18(26)5)21(27)15-30-23(28)22(16(2)3)25-24(29)31-14-19-10-8-7-9-11-19/h6-11,13,16,22H,1,12,14-15H2,2-5H3,(H,25,29)/t22-/m0/s1. The lowest BCUT2D eigenvalue weighted by Gasteiger charge is -2.20. The summed E-state index contributed by atoms with van der Waals surface area (Å²) in [6.07, 6.45) is 1.03. The second-order valence-electron chi connectivity index (χ2n) is 7.64. The van der Waals surface area contributed by atoms with Crippen molar-refractivity contribution in [2.75, 3.05) is 6.61 Å². The normalized spacial score (nSPS) is 11.6. The molecule has 0 fully saturated rings. The van der Waals surface area contributed by atoms with Crippen LogP contribution in [0.5, 0.6) is 0 Å².